The standard InChI is InChI=1S/C18H27F3N4O.HI/c1-3-22-17(24-11-15-8-9-25(2)12-15)23-10-14-4-6-16(7-5-14)26-13-18(19,20)21;/h4-7,15H,3,8-13H2,1-2H3,(H2,22,23,24);1H. The molecule has 27 heavy (non-hydrogen) atoms. The predicted molar refractivity (Wildman–Crippen MR) is 112 cm³/mol. The highest BCUT2D eigenvalue weighted by atomic mass is 127. The Morgan fingerprint density at radius 2 is 1.96 bits per heavy atom. The summed E-state index contributed by atoms with van der Waals surface area (Å²) in [4.78, 5) is 6.86. The van der Waals surface area contributed by atoms with E-state index >= 15 is 0 Å². The zero-order chi connectivity index (χ0) is 19.0. The van der Waals surface area contributed by atoms with Crippen molar-refractivity contribution in [3.63, 3.8) is 0 Å². The van der Waals surface area contributed by atoms with E-state index in [1.807, 2.05) is 6.92 Å². The van der Waals surface area contributed by atoms with Crippen LogP contribution < -0.4 is 15.4 Å². The summed E-state index contributed by atoms with van der Waals surface area (Å²) in [6.07, 6.45) is -3.15. The molecule has 1 fully saturated rings. The predicted octanol–water partition coefficient (Wildman–Crippen LogP) is 3.25. The van der Waals surface area contributed by atoms with Crippen LogP contribution in [0.15, 0.2) is 29.3 Å². The minimum Gasteiger partial charge on any atom is -0.484 e. The topological polar surface area (TPSA) is 48.9 Å². The number of hydrogen-bond donors (Lipinski definition) is 2. The first-order chi connectivity index (χ1) is 12.4. The number of halogens is 4. The lowest BCUT2D eigenvalue weighted by atomic mass is 10.1. The Labute approximate surface area is 175 Å². The van der Waals surface area contributed by atoms with E-state index in [1.165, 1.54) is 18.6 Å². The van der Waals surface area contributed by atoms with Crippen LogP contribution >= 0.6 is 24.0 Å². The van der Waals surface area contributed by atoms with Gasteiger partial charge in [0.25, 0.3) is 0 Å². The molecule has 1 aliphatic heterocycles. The Balaban J connectivity index is 0.00000364. The zero-order valence-electron chi connectivity index (χ0n) is 15.7. The number of rotatable bonds is 7. The van der Waals surface area contributed by atoms with Gasteiger partial charge >= 0.3 is 6.18 Å². The van der Waals surface area contributed by atoms with Crippen LogP contribution in [-0.4, -0.2) is 56.9 Å². The molecule has 0 radical (unpaired) electrons. The Hall–Kier alpha value is -1.23. The summed E-state index contributed by atoms with van der Waals surface area (Å²) in [6.45, 7) is 5.03. The van der Waals surface area contributed by atoms with Crippen molar-refractivity contribution >= 4 is 29.9 Å². The number of aliphatic imine (C=N–C) groups is 1. The molecule has 1 aliphatic rings. The summed E-state index contributed by atoms with van der Waals surface area (Å²) in [5.41, 5.74) is 0.905. The van der Waals surface area contributed by atoms with Crippen LogP contribution in [0, 0.1) is 5.92 Å². The Bertz CT molecular complexity index is 581. The van der Waals surface area contributed by atoms with Crippen LogP contribution in [-0.2, 0) is 6.54 Å². The fourth-order valence-electron chi connectivity index (χ4n) is 2.80. The fraction of sp³-hybridized carbons (Fsp3) is 0.611. The van der Waals surface area contributed by atoms with Gasteiger partial charge in [-0.05, 0) is 50.6 Å². The summed E-state index contributed by atoms with van der Waals surface area (Å²) >= 11 is 0. The first-order valence-electron chi connectivity index (χ1n) is 8.85. The molecule has 1 aromatic carbocycles. The monoisotopic (exact) mass is 500 g/mol. The number of likely N-dealkylation sites (tertiary alicyclic amines) is 1. The molecule has 0 saturated carbocycles. The van der Waals surface area contributed by atoms with E-state index in [1.54, 1.807) is 12.1 Å². The Kier molecular flexibility index (Phi) is 10.2. The molecule has 1 aromatic rings. The molecule has 1 atom stereocenters. The first-order valence-corrected chi connectivity index (χ1v) is 8.85. The van der Waals surface area contributed by atoms with Gasteiger partial charge in [0.2, 0.25) is 0 Å². The molecule has 2 rings (SSSR count). The van der Waals surface area contributed by atoms with E-state index in [9.17, 15) is 13.2 Å². The van der Waals surface area contributed by atoms with Crippen molar-refractivity contribution in [2.45, 2.75) is 26.1 Å². The van der Waals surface area contributed by atoms with E-state index < -0.39 is 12.8 Å². The quantitative estimate of drug-likeness (QED) is 0.343. The zero-order valence-corrected chi connectivity index (χ0v) is 18.0. The van der Waals surface area contributed by atoms with E-state index in [-0.39, 0.29) is 29.7 Å². The third kappa shape index (κ3) is 9.50. The van der Waals surface area contributed by atoms with Gasteiger partial charge in [-0.25, -0.2) is 4.99 Å². The largest absolute Gasteiger partial charge is 0.484 e. The lowest BCUT2D eigenvalue weighted by Crippen LogP contribution is -2.40. The van der Waals surface area contributed by atoms with Crippen LogP contribution in [0.25, 0.3) is 0 Å². The van der Waals surface area contributed by atoms with Crippen molar-refractivity contribution < 1.29 is 17.9 Å². The SMILES string of the molecule is CCNC(=NCc1ccc(OCC(F)(F)F)cc1)NCC1CCN(C)C1.I. The third-order valence-corrected chi connectivity index (χ3v) is 4.14. The molecule has 1 unspecified atom stereocenters. The van der Waals surface area contributed by atoms with Gasteiger partial charge in [0, 0.05) is 19.6 Å². The minimum absolute atomic E-state index is 0. The molecule has 5 nitrogen and oxygen atoms in total. The molecule has 0 spiro atoms. The minimum atomic E-state index is -4.33. The molecule has 0 aliphatic carbocycles. The summed E-state index contributed by atoms with van der Waals surface area (Å²) in [7, 11) is 2.13. The van der Waals surface area contributed by atoms with Crippen molar-refractivity contribution in [2.24, 2.45) is 10.9 Å². The number of benzene rings is 1. The molecule has 9 heteroatoms. The lowest BCUT2D eigenvalue weighted by molar-refractivity contribution is -0.153. The summed E-state index contributed by atoms with van der Waals surface area (Å²) in [5.74, 6) is 1.57. The Morgan fingerprint density at radius 1 is 1.26 bits per heavy atom. The number of alkyl halides is 3. The number of nitrogens with one attached hydrogen (secondary N) is 2. The van der Waals surface area contributed by atoms with Crippen LogP contribution in [0.2, 0.25) is 0 Å². The second-order valence-corrected chi connectivity index (χ2v) is 6.54. The molecular formula is C18H28F3IN4O. The number of ether oxygens (including phenoxy) is 1. The van der Waals surface area contributed by atoms with Gasteiger partial charge in [0.1, 0.15) is 5.75 Å². The van der Waals surface area contributed by atoms with E-state index in [4.69, 9.17) is 4.74 Å². The van der Waals surface area contributed by atoms with E-state index in [0.29, 0.717) is 12.5 Å². The Morgan fingerprint density at radius 3 is 2.52 bits per heavy atom. The van der Waals surface area contributed by atoms with Crippen molar-refractivity contribution in [1.82, 2.24) is 15.5 Å². The molecule has 154 valence electrons. The van der Waals surface area contributed by atoms with Crippen molar-refractivity contribution in [2.75, 3.05) is 39.8 Å². The van der Waals surface area contributed by atoms with Gasteiger partial charge in [0.05, 0.1) is 6.54 Å². The highest BCUT2D eigenvalue weighted by Crippen LogP contribution is 2.19. The number of guanidine groups is 1. The maximum atomic E-state index is 12.1. The van der Waals surface area contributed by atoms with Gasteiger partial charge in [-0.3, -0.25) is 0 Å². The van der Waals surface area contributed by atoms with Crippen molar-refractivity contribution in [3.05, 3.63) is 29.8 Å². The summed E-state index contributed by atoms with van der Waals surface area (Å²) < 4.78 is 41.2. The highest BCUT2D eigenvalue weighted by Gasteiger charge is 2.28. The molecule has 1 saturated heterocycles. The molecule has 0 amide bonds. The summed E-state index contributed by atoms with van der Waals surface area (Å²) in [6, 6.07) is 6.52. The van der Waals surface area contributed by atoms with Gasteiger partial charge < -0.3 is 20.3 Å². The number of hydrogen-bond acceptors (Lipinski definition) is 3. The average Bonchev–Trinajstić information content (AvgIpc) is 3.01. The van der Waals surface area contributed by atoms with Gasteiger partial charge in [-0.1, -0.05) is 12.1 Å². The summed E-state index contributed by atoms with van der Waals surface area (Å²) in [5, 5.41) is 6.58. The average molecular weight is 500 g/mol. The molecular weight excluding hydrogens is 472 g/mol. The van der Waals surface area contributed by atoms with Crippen LogP contribution in [0.4, 0.5) is 13.2 Å². The van der Waals surface area contributed by atoms with Crippen LogP contribution in [0.3, 0.4) is 0 Å². The van der Waals surface area contributed by atoms with Crippen molar-refractivity contribution in [3.8, 4) is 5.75 Å². The first kappa shape index (κ1) is 23.8. The second-order valence-electron chi connectivity index (χ2n) is 6.54. The van der Waals surface area contributed by atoms with Crippen LogP contribution in [0.1, 0.15) is 18.9 Å². The molecule has 0 bridgehead atoms. The van der Waals surface area contributed by atoms with Crippen LogP contribution in [0.5, 0.6) is 5.75 Å². The maximum Gasteiger partial charge on any atom is 0.422 e. The van der Waals surface area contributed by atoms with Gasteiger partial charge in [-0.15, -0.1) is 24.0 Å². The molecule has 1 heterocycles. The number of nitrogens with zero attached hydrogens (tertiary/aromatic N) is 2. The highest BCUT2D eigenvalue weighted by molar-refractivity contribution is 14.0. The van der Waals surface area contributed by atoms with E-state index in [2.05, 4.69) is 27.6 Å². The normalized spacial score (nSPS) is 18.1. The molecule has 2 N–H and O–H groups in total. The maximum absolute atomic E-state index is 12.1. The smallest absolute Gasteiger partial charge is 0.422 e. The van der Waals surface area contributed by atoms with Crippen molar-refractivity contribution in [1.29, 1.82) is 0 Å². The molecule has 0 aromatic heterocycles. The van der Waals surface area contributed by atoms with Gasteiger partial charge in [-0.2, -0.15) is 13.2 Å². The fourth-order valence-corrected chi connectivity index (χ4v) is 2.80. The second kappa shape index (κ2) is 11.6. The lowest BCUT2D eigenvalue weighted by Gasteiger charge is -2.15. The van der Waals surface area contributed by atoms with E-state index in [0.717, 1.165) is 37.7 Å². The van der Waals surface area contributed by atoms with Gasteiger partial charge in [0.15, 0.2) is 12.6 Å². The third-order valence-electron chi connectivity index (χ3n) is 4.14.